The van der Waals surface area contributed by atoms with E-state index in [1.807, 2.05) is 0 Å². The van der Waals surface area contributed by atoms with Crippen LogP contribution in [0.15, 0.2) is 53.6 Å². The first kappa shape index (κ1) is 21.1. The molecule has 2 aromatic rings. The van der Waals surface area contributed by atoms with Gasteiger partial charge in [0.1, 0.15) is 5.75 Å². The van der Waals surface area contributed by atoms with E-state index in [-0.39, 0.29) is 11.6 Å². The van der Waals surface area contributed by atoms with Crippen molar-refractivity contribution in [2.45, 2.75) is 39.0 Å². The van der Waals surface area contributed by atoms with Crippen molar-refractivity contribution in [1.82, 2.24) is 5.43 Å². The Hall–Kier alpha value is -3.22. The van der Waals surface area contributed by atoms with Crippen LogP contribution in [0.2, 0.25) is 0 Å². The molecule has 7 nitrogen and oxygen atoms in total. The van der Waals surface area contributed by atoms with E-state index < -0.39 is 4.92 Å². The molecule has 1 N–H and O–H groups in total. The topological polar surface area (TPSA) is 93.8 Å². The average Bonchev–Trinajstić information content (AvgIpc) is 2.71. The number of carbonyl (C=O) groups excluding carboxylic acids is 1. The van der Waals surface area contributed by atoms with Gasteiger partial charge in [-0.25, -0.2) is 5.43 Å². The molecular formula is C21H25N3O4. The molecule has 0 fully saturated rings. The van der Waals surface area contributed by atoms with Crippen LogP contribution in [0.25, 0.3) is 0 Å². The fraction of sp³-hybridized carbons (Fsp3) is 0.333. The monoisotopic (exact) mass is 383 g/mol. The van der Waals surface area contributed by atoms with Gasteiger partial charge in [-0.2, -0.15) is 5.10 Å². The molecule has 0 spiro atoms. The Kier molecular flexibility index (Phi) is 8.65. The molecule has 0 heterocycles. The van der Waals surface area contributed by atoms with E-state index in [0.717, 1.165) is 12.2 Å². The highest BCUT2D eigenvalue weighted by molar-refractivity contribution is 5.95. The lowest BCUT2D eigenvalue weighted by Gasteiger charge is -2.07. The maximum Gasteiger partial charge on any atom is 0.271 e. The predicted octanol–water partition coefficient (Wildman–Crippen LogP) is 4.71. The van der Waals surface area contributed by atoms with Crippen LogP contribution in [0.4, 0.5) is 5.69 Å². The highest BCUT2D eigenvalue weighted by Crippen LogP contribution is 2.13. The van der Waals surface area contributed by atoms with Gasteiger partial charge in [0.15, 0.2) is 0 Å². The van der Waals surface area contributed by atoms with Crippen molar-refractivity contribution < 1.29 is 14.5 Å². The van der Waals surface area contributed by atoms with Crippen LogP contribution in [-0.2, 0) is 0 Å². The van der Waals surface area contributed by atoms with Crippen molar-refractivity contribution in [1.29, 1.82) is 0 Å². The van der Waals surface area contributed by atoms with E-state index >= 15 is 0 Å². The van der Waals surface area contributed by atoms with Gasteiger partial charge >= 0.3 is 0 Å². The SMILES string of the molecule is CCCCCCCOc1ccc(C(=O)N/N=C\c2ccc([N+](=O)[O-])cc2)cc1. The zero-order chi connectivity index (χ0) is 20.2. The second-order valence-electron chi connectivity index (χ2n) is 6.33. The van der Waals surface area contributed by atoms with Gasteiger partial charge in [-0.05, 0) is 48.4 Å². The van der Waals surface area contributed by atoms with E-state index in [0.29, 0.717) is 17.7 Å². The minimum absolute atomic E-state index is 0.00412. The minimum Gasteiger partial charge on any atom is -0.494 e. The van der Waals surface area contributed by atoms with Gasteiger partial charge in [-0.15, -0.1) is 0 Å². The molecule has 0 radical (unpaired) electrons. The number of hydrazone groups is 1. The second-order valence-corrected chi connectivity index (χ2v) is 6.33. The Bertz CT molecular complexity index is 786. The number of benzene rings is 2. The smallest absolute Gasteiger partial charge is 0.271 e. The number of rotatable bonds is 11. The maximum atomic E-state index is 12.1. The Balaban J connectivity index is 1.76. The van der Waals surface area contributed by atoms with Crippen molar-refractivity contribution in [3.8, 4) is 5.75 Å². The van der Waals surface area contributed by atoms with Gasteiger partial charge in [-0.1, -0.05) is 32.6 Å². The van der Waals surface area contributed by atoms with Crippen molar-refractivity contribution in [3.63, 3.8) is 0 Å². The number of nitrogens with one attached hydrogen (secondary N) is 1. The van der Waals surface area contributed by atoms with Crippen LogP contribution in [0.5, 0.6) is 5.75 Å². The van der Waals surface area contributed by atoms with E-state index in [9.17, 15) is 14.9 Å². The third kappa shape index (κ3) is 7.19. The van der Waals surface area contributed by atoms with Crippen LogP contribution in [-0.4, -0.2) is 23.7 Å². The highest BCUT2D eigenvalue weighted by atomic mass is 16.6. The van der Waals surface area contributed by atoms with Gasteiger partial charge in [0.05, 0.1) is 17.7 Å². The number of nitrogens with zero attached hydrogens (tertiary/aromatic N) is 2. The predicted molar refractivity (Wildman–Crippen MR) is 109 cm³/mol. The normalized spacial score (nSPS) is 10.8. The molecule has 7 heteroatoms. The first-order valence-electron chi connectivity index (χ1n) is 9.41. The number of amides is 1. The number of unbranched alkanes of at least 4 members (excludes halogenated alkanes) is 4. The van der Waals surface area contributed by atoms with Crippen molar-refractivity contribution in [3.05, 3.63) is 69.8 Å². The number of nitro groups is 1. The van der Waals surface area contributed by atoms with E-state index in [2.05, 4.69) is 17.5 Å². The number of ether oxygens (including phenoxy) is 1. The molecule has 0 aliphatic heterocycles. The fourth-order valence-electron chi connectivity index (χ4n) is 2.51. The average molecular weight is 383 g/mol. The van der Waals surface area contributed by atoms with E-state index in [1.165, 1.54) is 44.0 Å². The molecular weight excluding hydrogens is 358 g/mol. The number of non-ortho nitro benzene ring substituents is 1. The summed E-state index contributed by atoms with van der Waals surface area (Å²) in [6.45, 7) is 2.87. The number of carbonyl (C=O) groups is 1. The summed E-state index contributed by atoms with van der Waals surface area (Å²) in [6, 6.07) is 12.8. The molecule has 0 aliphatic rings. The molecule has 1 amide bonds. The van der Waals surface area contributed by atoms with Gasteiger partial charge in [0.25, 0.3) is 11.6 Å². The molecule has 2 rings (SSSR count). The summed E-state index contributed by atoms with van der Waals surface area (Å²) in [5.74, 6) is 0.394. The Morgan fingerprint density at radius 1 is 1.07 bits per heavy atom. The minimum atomic E-state index is -0.470. The Morgan fingerprint density at radius 2 is 1.75 bits per heavy atom. The summed E-state index contributed by atoms with van der Waals surface area (Å²) in [6.07, 6.45) is 7.34. The standard InChI is InChI=1S/C21H25N3O4/c1-2-3-4-5-6-15-28-20-13-9-18(10-14-20)21(25)23-22-16-17-7-11-19(12-8-17)24(26)27/h7-14,16H,2-6,15H2,1H3,(H,23,25)/b22-16-. The molecule has 148 valence electrons. The fourth-order valence-corrected chi connectivity index (χ4v) is 2.51. The van der Waals surface area contributed by atoms with Crippen LogP contribution >= 0.6 is 0 Å². The number of nitro benzene ring substituents is 1. The third-order valence-electron chi connectivity index (χ3n) is 4.12. The second kappa shape index (κ2) is 11.5. The van der Waals surface area contributed by atoms with E-state index in [4.69, 9.17) is 4.74 Å². The van der Waals surface area contributed by atoms with Crippen LogP contribution in [0.1, 0.15) is 54.9 Å². The van der Waals surface area contributed by atoms with E-state index in [1.54, 1.807) is 36.4 Å². The van der Waals surface area contributed by atoms with Crippen molar-refractivity contribution >= 4 is 17.8 Å². The Labute approximate surface area is 164 Å². The quantitative estimate of drug-likeness (QED) is 0.263. The number of hydrogen-bond donors (Lipinski definition) is 1. The third-order valence-corrected chi connectivity index (χ3v) is 4.12. The molecule has 0 saturated heterocycles. The first-order valence-corrected chi connectivity index (χ1v) is 9.41. The van der Waals surface area contributed by atoms with Gasteiger partial charge in [0.2, 0.25) is 0 Å². The molecule has 0 unspecified atom stereocenters. The molecule has 0 aliphatic carbocycles. The molecule has 2 aromatic carbocycles. The summed E-state index contributed by atoms with van der Waals surface area (Å²) in [7, 11) is 0. The maximum absolute atomic E-state index is 12.1. The first-order chi connectivity index (χ1) is 13.6. The lowest BCUT2D eigenvalue weighted by molar-refractivity contribution is -0.384. The lowest BCUT2D eigenvalue weighted by atomic mass is 10.2. The number of hydrogen-bond acceptors (Lipinski definition) is 5. The van der Waals surface area contributed by atoms with Gasteiger partial charge in [-0.3, -0.25) is 14.9 Å². The summed E-state index contributed by atoms with van der Waals surface area (Å²) in [4.78, 5) is 22.2. The van der Waals surface area contributed by atoms with Crippen LogP contribution in [0, 0.1) is 10.1 Å². The van der Waals surface area contributed by atoms with Gasteiger partial charge in [0, 0.05) is 17.7 Å². The zero-order valence-corrected chi connectivity index (χ0v) is 16.0. The molecule has 28 heavy (non-hydrogen) atoms. The van der Waals surface area contributed by atoms with Crippen molar-refractivity contribution in [2.75, 3.05) is 6.61 Å². The largest absolute Gasteiger partial charge is 0.494 e. The van der Waals surface area contributed by atoms with Crippen LogP contribution < -0.4 is 10.2 Å². The highest BCUT2D eigenvalue weighted by Gasteiger charge is 2.05. The lowest BCUT2D eigenvalue weighted by Crippen LogP contribution is -2.17. The zero-order valence-electron chi connectivity index (χ0n) is 16.0. The molecule has 0 saturated carbocycles. The van der Waals surface area contributed by atoms with Gasteiger partial charge < -0.3 is 4.74 Å². The molecule has 0 aromatic heterocycles. The molecule has 0 bridgehead atoms. The Morgan fingerprint density at radius 3 is 2.39 bits per heavy atom. The summed E-state index contributed by atoms with van der Waals surface area (Å²) in [5, 5.41) is 14.5. The van der Waals surface area contributed by atoms with Crippen LogP contribution in [0.3, 0.4) is 0 Å². The molecule has 0 atom stereocenters. The summed E-state index contributed by atoms with van der Waals surface area (Å²) < 4.78 is 5.68. The summed E-state index contributed by atoms with van der Waals surface area (Å²) in [5.41, 5.74) is 3.55. The summed E-state index contributed by atoms with van der Waals surface area (Å²) >= 11 is 0. The van der Waals surface area contributed by atoms with Crippen molar-refractivity contribution in [2.24, 2.45) is 5.10 Å².